The zero-order chi connectivity index (χ0) is 17.4. The predicted molar refractivity (Wildman–Crippen MR) is 94.6 cm³/mol. The molecule has 2 unspecified atom stereocenters. The van der Waals surface area contributed by atoms with Gasteiger partial charge in [-0.2, -0.15) is 0 Å². The summed E-state index contributed by atoms with van der Waals surface area (Å²) in [5, 5.41) is 3.14. The minimum Gasteiger partial charge on any atom is -0.493 e. The first-order valence-corrected chi connectivity index (χ1v) is 8.56. The Kier molecular flexibility index (Phi) is 4.09. The number of methoxy groups -OCH3 is 2. The van der Waals surface area contributed by atoms with E-state index in [2.05, 4.69) is 28.4 Å². The number of carbonyl (C=O) groups excluding carboxylic acids is 1. The van der Waals surface area contributed by atoms with Gasteiger partial charge in [0.15, 0.2) is 11.5 Å². The lowest BCUT2D eigenvalue weighted by Gasteiger charge is -2.46. The van der Waals surface area contributed by atoms with Gasteiger partial charge in [-0.05, 0) is 35.2 Å². The summed E-state index contributed by atoms with van der Waals surface area (Å²) in [6.45, 7) is 0.896. The van der Waals surface area contributed by atoms with Crippen LogP contribution < -0.4 is 14.8 Å². The molecule has 1 amide bonds. The Labute approximate surface area is 147 Å². The van der Waals surface area contributed by atoms with Gasteiger partial charge < -0.3 is 14.8 Å². The summed E-state index contributed by atoms with van der Waals surface area (Å²) >= 11 is 0. The third-order valence-corrected chi connectivity index (χ3v) is 5.17. The molecule has 0 bridgehead atoms. The van der Waals surface area contributed by atoms with E-state index in [0.717, 1.165) is 24.3 Å². The van der Waals surface area contributed by atoms with Gasteiger partial charge >= 0.3 is 0 Å². The summed E-state index contributed by atoms with van der Waals surface area (Å²) < 4.78 is 10.9. The molecule has 2 heterocycles. The highest BCUT2D eigenvalue weighted by Gasteiger charge is 2.39. The van der Waals surface area contributed by atoms with E-state index in [0.29, 0.717) is 12.2 Å². The summed E-state index contributed by atoms with van der Waals surface area (Å²) in [5.41, 5.74) is 3.52. The smallest absolute Gasteiger partial charge is 0.223 e. The second-order valence-electron chi connectivity index (χ2n) is 6.49. The molecule has 2 atom stereocenters. The molecule has 25 heavy (non-hydrogen) atoms. The average Bonchev–Trinajstić information content (AvgIpc) is 2.66. The number of rotatable bonds is 3. The van der Waals surface area contributed by atoms with Crippen LogP contribution in [0.2, 0.25) is 0 Å². The van der Waals surface area contributed by atoms with Crippen LogP contribution in [-0.2, 0) is 11.2 Å². The van der Waals surface area contributed by atoms with Gasteiger partial charge in [0.1, 0.15) is 6.17 Å². The number of carbonyl (C=O) groups is 1. The number of hydrogen-bond donors (Lipinski definition) is 1. The third kappa shape index (κ3) is 2.74. The fourth-order valence-corrected chi connectivity index (χ4v) is 3.96. The summed E-state index contributed by atoms with van der Waals surface area (Å²) in [6, 6.07) is 14.3. The monoisotopic (exact) mass is 338 g/mol. The van der Waals surface area contributed by atoms with Crippen molar-refractivity contribution in [3.8, 4) is 11.5 Å². The van der Waals surface area contributed by atoms with Gasteiger partial charge in [-0.3, -0.25) is 9.69 Å². The van der Waals surface area contributed by atoms with Gasteiger partial charge in [0.2, 0.25) is 5.91 Å². The first kappa shape index (κ1) is 16.0. The fraction of sp³-hybridized carbons (Fsp3) is 0.350. The lowest BCUT2D eigenvalue weighted by atomic mass is 9.87. The summed E-state index contributed by atoms with van der Waals surface area (Å²) in [5.74, 6) is 1.54. The van der Waals surface area contributed by atoms with Crippen LogP contribution in [-0.4, -0.2) is 31.6 Å². The second-order valence-corrected chi connectivity index (χ2v) is 6.49. The fourth-order valence-electron chi connectivity index (χ4n) is 3.96. The van der Waals surface area contributed by atoms with Crippen molar-refractivity contribution in [2.75, 3.05) is 20.8 Å². The zero-order valence-corrected chi connectivity index (χ0v) is 14.5. The molecular weight excluding hydrogens is 316 g/mol. The predicted octanol–water partition coefficient (Wildman–Crippen LogP) is 2.82. The van der Waals surface area contributed by atoms with Crippen LogP contribution in [0.5, 0.6) is 11.5 Å². The Bertz CT molecular complexity index is 791. The topological polar surface area (TPSA) is 50.8 Å². The molecular formula is C20H22N2O3. The van der Waals surface area contributed by atoms with Crippen LogP contribution >= 0.6 is 0 Å². The first-order valence-electron chi connectivity index (χ1n) is 8.56. The van der Waals surface area contributed by atoms with Gasteiger partial charge in [0, 0.05) is 19.0 Å². The lowest BCUT2D eigenvalue weighted by molar-refractivity contribution is -0.130. The molecule has 2 aromatic carbocycles. The van der Waals surface area contributed by atoms with Crippen molar-refractivity contribution in [2.24, 2.45) is 0 Å². The molecule has 0 aromatic heterocycles. The first-order chi connectivity index (χ1) is 12.2. The van der Waals surface area contributed by atoms with Crippen molar-refractivity contribution >= 4 is 5.91 Å². The van der Waals surface area contributed by atoms with Gasteiger partial charge in [-0.1, -0.05) is 30.3 Å². The van der Waals surface area contributed by atoms with E-state index < -0.39 is 0 Å². The highest BCUT2D eigenvalue weighted by molar-refractivity contribution is 5.78. The van der Waals surface area contributed by atoms with Crippen LogP contribution in [0, 0.1) is 0 Å². The van der Waals surface area contributed by atoms with E-state index in [1.165, 1.54) is 11.1 Å². The van der Waals surface area contributed by atoms with Gasteiger partial charge in [-0.15, -0.1) is 0 Å². The molecule has 0 aliphatic carbocycles. The summed E-state index contributed by atoms with van der Waals surface area (Å²) in [4.78, 5) is 14.8. The van der Waals surface area contributed by atoms with Crippen molar-refractivity contribution in [3.05, 3.63) is 59.2 Å². The molecule has 5 heteroatoms. The minimum absolute atomic E-state index is 0.0579. The zero-order valence-electron chi connectivity index (χ0n) is 14.5. The Morgan fingerprint density at radius 2 is 1.80 bits per heavy atom. The molecule has 0 spiro atoms. The summed E-state index contributed by atoms with van der Waals surface area (Å²) in [6.07, 6.45) is 1.30. The van der Waals surface area contributed by atoms with Crippen LogP contribution in [0.25, 0.3) is 0 Å². The third-order valence-electron chi connectivity index (χ3n) is 5.17. The second kappa shape index (κ2) is 6.41. The Morgan fingerprint density at radius 1 is 1.08 bits per heavy atom. The highest BCUT2D eigenvalue weighted by atomic mass is 16.5. The Morgan fingerprint density at radius 3 is 2.52 bits per heavy atom. The summed E-state index contributed by atoms with van der Waals surface area (Å²) in [7, 11) is 3.30. The van der Waals surface area contributed by atoms with Crippen molar-refractivity contribution in [1.29, 1.82) is 0 Å². The molecule has 0 radical (unpaired) electrons. The molecule has 130 valence electrons. The standard InChI is InChI=1S/C20H22N2O3/c1-24-17-10-14-8-9-22-16(15(14)11-18(17)25-2)12-19(23)21-20(22)13-6-4-3-5-7-13/h3-7,10-11,16,20H,8-9,12H2,1-2H3,(H,21,23). The number of nitrogens with zero attached hydrogens (tertiary/aromatic N) is 1. The quantitative estimate of drug-likeness (QED) is 0.935. The van der Waals surface area contributed by atoms with Crippen molar-refractivity contribution in [3.63, 3.8) is 0 Å². The van der Waals surface area contributed by atoms with Crippen molar-refractivity contribution in [2.45, 2.75) is 25.0 Å². The maximum absolute atomic E-state index is 12.4. The molecule has 1 fully saturated rings. The molecule has 2 aromatic rings. The lowest BCUT2D eigenvalue weighted by Crippen LogP contribution is -2.51. The number of ether oxygens (including phenoxy) is 2. The number of fused-ring (bicyclic) bond motifs is 3. The Hall–Kier alpha value is -2.53. The van der Waals surface area contributed by atoms with Crippen molar-refractivity contribution < 1.29 is 14.3 Å². The van der Waals surface area contributed by atoms with Crippen LogP contribution in [0.15, 0.2) is 42.5 Å². The molecule has 5 nitrogen and oxygen atoms in total. The van der Waals surface area contributed by atoms with Crippen LogP contribution in [0.3, 0.4) is 0 Å². The van der Waals surface area contributed by atoms with Gasteiger partial charge in [-0.25, -0.2) is 0 Å². The number of hydrogen-bond acceptors (Lipinski definition) is 4. The molecule has 0 saturated carbocycles. The molecule has 4 rings (SSSR count). The number of amides is 1. The number of benzene rings is 2. The van der Waals surface area contributed by atoms with E-state index in [-0.39, 0.29) is 18.1 Å². The maximum atomic E-state index is 12.4. The van der Waals surface area contributed by atoms with Gasteiger partial charge in [0.05, 0.1) is 14.2 Å². The van der Waals surface area contributed by atoms with Gasteiger partial charge in [0.25, 0.3) is 0 Å². The van der Waals surface area contributed by atoms with Crippen molar-refractivity contribution in [1.82, 2.24) is 10.2 Å². The normalized spacial score (nSPS) is 22.6. The molecule has 1 N–H and O–H groups in total. The number of nitrogens with one attached hydrogen (secondary N) is 1. The highest BCUT2D eigenvalue weighted by Crippen LogP contribution is 2.43. The van der Waals surface area contributed by atoms with Crippen LogP contribution in [0.4, 0.5) is 0 Å². The molecule has 1 saturated heterocycles. The maximum Gasteiger partial charge on any atom is 0.223 e. The van der Waals surface area contributed by atoms with E-state index in [1.807, 2.05) is 24.3 Å². The van der Waals surface area contributed by atoms with E-state index >= 15 is 0 Å². The van der Waals surface area contributed by atoms with E-state index in [9.17, 15) is 4.79 Å². The van der Waals surface area contributed by atoms with E-state index in [4.69, 9.17) is 9.47 Å². The average molecular weight is 338 g/mol. The Balaban J connectivity index is 1.75. The molecule has 2 aliphatic rings. The SMILES string of the molecule is COc1cc2c(cc1OC)C1CC(=O)NC(c3ccccc3)N1CC2. The largest absolute Gasteiger partial charge is 0.493 e. The van der Waals surface area contributed by atoms with E-state index in [1.54, 1.807) is 14.2 Å². The minimum atomic E-state index is -0.0892. The molecule has 2 aliphatic heterocycles. The van der Waals surface area contributed by atoms with Crippen LogP contribution in [0.1, 0.15) is 35.3 Å².